The van der Waals surface area contributed by atoms with Crippen LogP contribution in [0.4, 0.5) is 4.79 Å². The van der Waals surface area contributed by atoms with Gasteiger partial charge in [0.2, 0.25) is 0 Å². The van der Waals surface area contributed by atoms with Crippen LogP contribution in [0.2, 0.25) is 0 Å². The molecule has 108 valence electrons. The number of ether oxygens (including phenoxy) is 2. The lowest BCUT2D eigenvalue weighted by molar-refractivity contribution is 0.0925. The molecule has 0 aliphatic carbocycles. The van der Waals surface area contributed by atoms with E-state index < -0.39 is 0 Å². The Morgan fingerprint density at radius 2 is 1.61 bits per heavy atom. The minimum absolute atomic E-state index is 0.0251. The van der Waals surface area contributed by atoms with Crippen LogP contribution in [0.3, 0.4) is 0 Å². The van der Waals surface area contributed by atoms with Crippen LogP contribution >= 0.6 is 0 Å². The van der Waals surface area contributed by atoms with Gasteiger partial charge in [0.05, 0.1) is 13.2 Å². The first kappa shape index (κ1) is 17.2. The molecule has 0 saturated carbocycles. The number of urea groups is 1. The zero-order valence-electron chi connectivity index (χ0n) is 12.0. The molecule has 0 unspecified atom stereocenters. The van der Waals surface area contributed by atoms with Gasteiger partial charge in [-0.05, 0) is 20.3 Å². The Hall–Kier alpha value is -0.810. The van der Waals surface area contributed by atoms with Crippen molar-refractivity contribution in [2.45, 2.75) is 33.6 Å². The van der Waals surface area contributed by atoms with E-state index >= 15 is 0 Å². The van der Waals surface area contributed by atoms with Crippen molar-refractivity contribution in [3.8, 4) is 0 Å². The molecule has 2 amide bonds. The lowest BCUT2D eigenvalue weighted by Crippen LogP contribution is -2.43. The molecule has 0 aromatic carbocycles. The first-order valence-electron chi connectivity index (χ1n) is 6.94. The third-order valence-corrected chi connectivity index (χ3v) is 2.51. The average Bonchev–Trinajstić information content (AvgIpc) is 2.37. The highest BCUT2D eigenvalue weighted by Gasteiger charge is 2.11. The van der Waals surface area contributed by atoms with Crippen molar-refractivity contribution < 1.29 is 14.3 Å². The molecule has 0 aromatic heterocycles. The minimum Gasteiger partial charge on any atom is -0.380 e. The number of hydrogen-bond acceptors (Lipinski definition) is 3. The van der Waals surface area contributed by atoms with Crippen LogP contribution in [0.1, 0.15) is 33.6 Å². The fourth-order valence-electron chi connectivity index (χ4n) is 1.44. The summed E-state index contributed by atoms with van der Waals surface area (Å²) in [5.41, 5.74) is 0. The molecule has 0 heterocycles. The van der Waals surface area contributed by atoms with Gasteiger partial charge in [-0.15, -0.1) is 0 Å². The van der Waals surface area contributed by atoms with Crippen LogP contribution in [-0.2, 0) is 9.47 Å². The third-order valence-electron chi connectivity index (χ3n) is 2.51. The molecule has 0 radical (unpaired) electrons. The van der Waals surface area contributed by atoms with E-state index in [1.165, 1.54) is 0 Å². The summed E-state index contributed by atoms with van der Waals surface area (Å²) in [5, 5.41) is 2.91. The van der Waals surface area contributed by atoms with Crippen molar-refractivity contribution in [1.29, 1.82) is 0 Å². The molecule has 0 spiro atoms. The number of carbonyl (C=O) groups excluding carboxylic acids is 1. The number of unbranched alkanes of at least 4 members (excludes halogenated alkanes) is 1. The lowest BCUT2D eigenvalue weighted by atomic mass is 10.3. The fraction of sp³-hybridized carbons (Fsp3) is 0.923. The summed E-state index contributed by atoms with van der Waals surface area (Å²) in [6.07, 6.45) is 2.09. The van der Waals surface area contributed by atoms with E-state index in [9.17, 15) is 4.79 Å². The molecule has 0 aromatic rings. The summed E-state index contributed by atoms with van der Waals surface area (Å²) in [6.45, 7) is 10.5. The molecule has 5 nitrogen and oxygen atoms in total. The summed E-state index contributed by atoms with van der Waals surface area (Å²) in [5.74, 6) is 0. The zero-order valence-corrected chi connectivity index (χ0v) is 12.0. The molecular weight excluding hydrogens is 232 g/mol. The average molecular weight is 260 g/mol. The van der Waals surface area contributed by atoms with Gasteiger partial charge >= 0.3 is 6.03 Å². The second-order valence-electron chi connectivity index (χ2n) is 3.97. The molecule has 0 fully saturated rings. The Labute approximate surface area is 111 Å². The molecular formula is C13H28N2O3. The van der Waals surface area contributed by atoms with Gasteiger partial charge in [0.1, 0.15) is 0 Å². The molecule has 0 bridgehead atoms. The molecule has 18 heavy (non-hydrogen) atoms. The maximum atomic E-state index is 11.9. The highest BCUT2D eigenvalue weighted by atomic mass is 16.5. The number of rotatable bonds is 11. The van der Waals surface area contributed by atoms with Crippen LogP contribution in [0.5, 0.6) is 0 Å². The summed E-state index contributed by atoms with van der Waals surface area (Å²) in [4.78, 5) is 13.7. The van der Waals surface area contributed by atoms with Crippen molar-refractivity contribution in [1.82, 2.24) is 10.2 Å². The number of carbonyl (C=O) groups is 1. The molecule has 0 atom stereocenters. The molecule has 0 aliphatic rings. The fourth-order valence-corrected chi connectivity index (χ4v) is 1.44. The predicted molar refractivity (Wildman–Crippen MR) is 72.9 cm³/mol. The Morgan fingerprint density at radius 1 is 1.06 bits per heavy atom. The molecule has 0 rings (SSSR count). The summed E-state index contributed by atoms with van der Waals surface area (Å²) in [6, 6.07) is -0.0251. The SMILES string of the molecule is CCCCNC(=O)N(CCOCC)CCOCC. The van der Waals surface area contributed by atoms with E-state index in [0.29, 0.717) is 39.5 Å². The maximum Gasteiger partial charge on any atom is 0.317 e. The zero-order chi connectivity index (χ0) is 13.6. The first-order valence-corrected chi connectivity index (χ1v) is 6.94. The molecule has 1 N–H and O–H groups in total. The lowest BCUT2D eigenvalue weighted by Gasteiger charge is -2.22. The van der Waals surface area contributed by atoms with Gasteiger partial charge in [0.15, 0.2) is 0 Å². The number of nitrogens with zero attached hydrogens (tertiary/aromatic N) is 1. The summed E-state index contributed by atoms with van der Waals surface area (Å²) < 4.78 is 10.6. The largest absolute Gasteiger partial charge is 0.380 e. The highest BCUT2D eigenvalue weighted by Crippen LogP contribution is 1.93. The molecule has 0 saturated heterocycles. The van der Waals surface area contributed by atoms with E-state index in [1.807, 2.05) is 13.8 Å². The Morgan fingerprint density at radius 3 is 2.06 bits per heavy atom. The van der Waals surface area contributed by atoms with E-state index in [2.05, 4.69) is 12.2 Å². The van der Waals surface area contributed by atoms with Crippen LogP contribution in [0.15, 0.2) is 0 Å². The second kappa shape index (κ2) is 12.6. The van der Waals surface area contributed by atoms with Gasteiger partial charge in [-0.25, -0.2) is 4.79 Å². The van der Waals surface area contributed by atoms with Gasteiger partial charge in [-0.3, -0.25) is 0 Å². The van der Waals surface area contributed by atoms with E-state index in [-0.39, 0.29) is 6.03 Å². The van der Waals surface area contributed by atoms with E-state index in [0.717, 1.165) is 19.4 Å². The van der Waals surface area contributed by atoms with Gasteiger partial charge in [-0.2, -0.15) is 0 Å². The van der Waals surface area contributed by atoms with E-state index in [4.69, 9.17) is 9.47 Å². The first-order chi connectivity index (χ1) is 8.76. The van der Waals surface area contributed by atoms with Crippen LogP contribution < -0.4 is 5.32 Å². The maximum absolute atomic E-state index is 11.9. The summed E-state index contributed by atoms with van der Waals surface area (Å²) in [7, 11) is 0. The normalized spacial score (nSPS) is 10.4. The Balaban J connectivity index is 3.95. The topological polar surface area (TPSA) is 50.8 Å². The smallest absolute Gasteiger partial charge is 0.317 e. The van der Waals surface area contributed by atoms with Crippen molar-refractivity contribution >= 4 is 6.03 Å². The second-order valence-corrected chi connectivity index (χ2v) is 3.97. The monoisotopic (exact) mass is 260 g/mol. The van der Waals surface area contributed by atoms with Crippen LogP contribution in [-0.4, -0.2) is 57.0 Å². The van der Waals surface area contributed by atoms with Crippen molar-refractivity contribution in [2.24, 2.45) is 0 Å². The van der Waals surface area contributed by atoms with Gasteiger partial charge in [0, 0.05) is 32.8 Å². The van der Waals surface area contributed by atoms with E-state index in [1.54, 1.807) is 4.90 Å². The Kier molecular flexibility index (Phi) is 12.1. The molecule has 0 aliphatic heterocycles. The predicted octanol–water partition coefficient (Wildman–Crippen LogP) is 1.87. The Bertz CT molecular complexity index is 191. The van der Waals surface area contributed by atoms with Gasteiger partial charge in [0.25, 0.3) is 0 Å². The number of nitrogens with one attached hydrogen (secondary N) is 1. The van der Waals surface area contributed by atoms with Crippen LogP contribution in [0.25, 0.3) is 0 Å². The number of amides is 2. The standard InChI is InChI=1S/C13H28N2O3/c1-4-7-8-14-13(16)15(9-11-17-5-2)10-12-18-6-3/h4-12H2,1-3H3,(H,14,16). The quantitative estimate of drug-likeness (QED) is 0.577. The van der Waals surface area contributed by atoms with Crippen molar-refractivity contribution in [2.75, 3.05) is 46.1 Å². The summed E-state index contributed by atoms with van der Waals surface area (Å²) >= 11 is 0. The number of hydrogen-bond donors (Lipinski definition) is 1. The molecule has 5 heteroatoms. The third kappa shape index (κ3) is 9.24. The van der Waals surface area contributed by atoms with Crippen LogP contribution in [0, 0.1) is 0 Å². The van der Waals surface area contributed by atoms with Gasteiger partial charge in [-0.1, -0.05) is 13.3 Å². The van der Waals surface area contributed by atoms with Gasteiger partial charge < -0.3 is 19.7 Å². The highest BCUT2D eigenvalue weighted by molar-refractivity contribution is 5.74. The van der Waals surface area contributed by atoms with Crippen molar-refractivity contribution in [3.05, 3.63) is 0 Å². The minimum atomic E-state index is -0.0251. The van der Waals surface area contributed by atoms with Crippen molar-refractivity contribution in [3.63, 3.8) is 0 Å².